The molecule has 0 aliphatic carbocycles. The number of ether oxygens (including phenoxy) is 1. The van der Waals surface area contributed by atoms with Crippen LogP contribution in [-0.2, 0) is 11.3 Å². The van der Waals surface area contributed by atoms with Crippen LogP contribution in [0, 0.1) is 0 Å². The number of rotatable bonds is 7. The Balaban J connectivity index is 2.36. The molecule has 0 radical (unpaired) electrons. The van der Waals surface area contributed by atoms with Gasteiger partial charge in [-0.25, -0.2) is 0 Å². The van der Waals surface area contributed by atoms with Crippen LogP contribution in [0.4, 0.5) is 0 Å². The third-order valence-electron chi connectivity index (χ3n) is 2.17. The van der Waals surface area contributed by atoms with E-state index in [0.29, 0.717) is 18.7 Å². The van der Waals surface area contributed by atoms with Gasteiger partial charge >= 0.3 is 0 Å². The first kappa shape index (κ1) is 12.7. The molecular formula is C12H18N2O2. The van der Waals surface area contributed by atoms with Crippen molar-refractivity contribution >= 4 is 5.91 Å². The molecule has 88 valence electrons. The molecular weight excluding hydrogens is 204 g/mol. The summed E-state index contributed by atoms with van der Waals surface area (Å²) >= 11 is 0. The standard InChI is InChI=1S/C12H18N2O2/c1-2-16-7-6-14-9-10-4-3-5-11(8-10)12(13)15/h3-5,8,14H,2,6-7,9H2,1H3,(H2,13,15). The topological polar surface area (TPSA) is 64.3 Å². The average molecular weight is 222 g/mol. The summed E-state index contributed by atoms with van der Waals surface area (Å²) in [5.41, 5.74) is 6.79. The van der Waals surface area contributed by atoms with E-state index in [1.54, 1.807) is 12.1 Å². The summed E-state index contributed by atoms with van der Waals surface area (Å²) in [4.78, 5) is 11.0. The van der Waals surface area contributed by atoms with Gasteiger partial charge in [0.25, 0.3) is 0 Å². The lowest BCUT2D eigenvalue weighted by atomic mass is 10.1. The molecule has 16 heavy (non-hydrogen) atoms. The fraction of sp³-hybridized carbons (Fsp3) is 0.417. The van der Waals surface area contributed by atoms with Gasteiger partial charge in [0.1, 0.15) is 0 Å². The number of primary amides is 1. The van der Waals surface area contributed by atoms with E-state index in [0.717, 1.165) is 18.7 Å². The maximum Gasteiger partial charge on any atom is 0.248 e. The first-order valence-corrected chi connectivity index (χ1v) is 5.41. The van der Waals surface area contributed by atoms with E-state index in [9.17, 15) is 4.79 Å². The highest BCUT2D eigenvalue weighted by molar-refractivity contribution is 5.92. The minimum atomic E-state index is -0.392. The summed E-state index contributed by atoms with van der Waals surface area (Å²) in [6.07, 6.45) is 0. The van der Waals surface area contributed by atoms with E-state index in [-0.39, 0.29) is 0 Å². The summed E-state index contributed by atoms with van der Waals surface area (Å²) in [5.74, 6) is -0.392. The minimum absolute atomic E-state index is 0.392. The Morgan fingerprint density at radius 3 is 3.00 bits per heavy atom. The molecule has 0 aliphatic rings. The summed E-state index contributed by atoms with van der Waals surface area (Å²) < 4.78 is 5.20. The Kier molecular flexibility index (Phi) is 5.53. The zero-order chi connectivity index (χ0) is 11.8. The van der Waals surface area contributed by atoms with Crippen LogP contribution >= 0.6 is 0 Å². The molecule has 1 aromatic rings. The van der Waals surface area contributed by atoms with Crippen molar-refractivity contribution in [3.63, 3.8) is 0 Å². The number of carbonyl (C=O) groups is 1. The molecule has 1 amide bonds. The number of nitrogens with one attached hydrogen (secondary N) is 1. The first-order chi connectivity index (χ1) is 7.74. The Labute approximate surface area is 95.8 Å². The van der Waals surface area contributed by atoms with Crippen molar-refractivity contribution in [2.75, 3.05) is 19.8 Å². The number of nitrogens with two attached hydrogens (primary N) is 1. The van der Waals surface area contributed by atoms with Gasteiger partial charge in [0.15, 0.2) is 0 Å². The number of benzene rings is 1. The summed E-state index contributed by atoms with van der Waals surface area (Å²) in [5, 5.41) is 3.23. The van der Waals surface area contributed by atoms with E-state index < -0.39 is 5.91 Å². The molecule has 0 spiro atoms. The molecule has 0 fully saturated rings. The molecule has 0 saturated heterocycles. The molecule has 0 heterocycles. The zero-order valence-electron chi connectivity index (χ0n) is 9.53. The van der Waals surface area contributed by atoms with Crippen molar-refractivity contribution in [3.8, 4) is 0 Å². The smallest absolute Gasteiger partial charge is 0.248 e. The lowest BCUT2D eigenvalue weighted by Gasteiger charge is -2.05. The number of hydrogen-bond acceptors (Lipinski definition) is 3. The summed E-state index contributed by atoms with van der Waals surface area (Å²) in [6.45, 7) is 4.92. The van der Waals surface area contributed by atoms with E-state index >= 15 is 0 Å². The normalized spacial score (nSPS) is 10.3. The monoisotopic (exact) mass is 222 g/mol. The molecule has 1 aromatic carbocycles. The van der Waals surface area contributed by atoms with Crippen molar-refractivity contribution in [3.05, 3.63) is 35.4 Å². The predicted molar refractivity (Wildman–Crippen MR) is 63.2 cm³/mol. The number of hydrogen-bond donors (Lipinski definition) is 2. The summed E-state index contributed by atoms with van der Waals surface area (Å²) in [6, 6.07) is 7.31. The van der Waals surface area contributed by atoms with Crippen LogP contribution in [0.15, 0.2) is 24.3 Å². The molecule has 4 nitrogen and oxygen atoms in total. The first-order valence-electron chi connectivity index (χ1n) is 5.41. The number of carbonyl (C=O) groups excluding carboxylic acids is 1. The molecule has 0 aliphatic heterocycles. The van der Waals surface area contributed by atoms with Crippen LogP contribution in [0.25, 0.3) is 0 Å². The minimum Gasteiger partial charge on any atom is -0.380 e. The van der Waals surface area contributed by atoms with Crippen LogP contribution in [-0.4, -0.2) is 25.7 Å². The Morgan fingerprint density at radius 1 is 1.50 bits per heavy atom. The maximum absolute atomic E-state index is 11.0. The molecule has 4 heteroatoms. The van der Waals surface area contributed by atoms with Gasteiger partial charge in [-0.3, -0.25) is 4.79 Å². The van der Waals surface area contributed by atoms with Crippen molar-refractivity contribution in [2.24, 2.45) is 5.73 Å². The van der Waals surface area contributed by atoms with Crippen LogP contribution in [0.5, 0.6) is 0 Å². The third kappa shape index (κ3) is 4.42. The van der Waals surface area contributed by atoms with Gasteiger partial charge in [-0.1, -0.05) is 12.1 Å². The third-order valence-corrected chi connectivity index (χ3v) is 2.17. The van der Waals surface area contributed by atoms with Gasteiger partial charge in [-0.2, -0.15) is 0 Å². The van der Waals surface area contributed by atoms with Gasteiger partial charge < -0.3 is 15.8 Å². The highest BCUT2D eigenvalue weighted by Crippen LogP contribution is 2.04. The molecule has 1 rings (SSSR count). The van der Waals surface area contributed by atoms with Gasteiger partial charge in [0.2, 0.25) is 5.91 Å². The molecule has 3 N–H and O–H groups in total. The van der Waals surface area contributed by atoms with E-state index in [1.807, 2.05) is 19.1 Å². The predicted octanol–water partition coefficient (Wildman–Crippen LogP) is 0.912. The molecule has 0 atom stereocenters. The highest BCUT2D eigenvalue weighted by atomic mass is 16.5. The second-order valence-corrected chi connectivity index (χ2v) is 3.44. The van der Waals surface area contributed by atoms with E-state index in [2.05, 4.69) is 5.32 Å². The summed E-state index contributed by atoms with van der Waals surface area (Å²) in [7, 11) is 0. The van der Waals surface area contributed by atoms with Gasteiger partial charge in [-0.05, 0) is 24.6 Å². The second-order valence-electron chi connectivity index (χ2n) is 3.44. The zero-order valence-corrected chi connectivity index (χ0v) is 9.53. The van der Waals surface area contributed by atoms with Crippen LogP contribution in [0.1, 0.15) is 22.8 Å². The van der Waals surface area contributed by atoms with Crippen LogP contribution in [0.3, 0.4) is 0 Å². The van der Waals surface area contributed by atoms with Crippen molar-refractivity contribution < 1.29 is 9.53 Å². The van der Waals surface area contributed by atoms with Crippen molar-refractivity contribution in [1.29, 1.82) is 0 Å². The maximum atomic E-state index is 11.0. The SMILES string of the molecule is CCOCCNCc1cccc(C(N)=O)c1. The Bertz CT molecular complexity index is 340. The van der Waals surface area contributed by atoms with Gasteiger partial charge in [-0.15, -0.1) is 0 Å². The largest absolute Gasteiger partial charge is 0.380 e. The fourth-order valence-corrected chi connectivity index (χ4v) is 1.36. The van der Waals surface area contributed by atoms with Crippen LogP contribution < -0.4 is 11.1 Å². The Morgan fingerprint density at radius 2 is 2.31 bits per heavy atom. The fourth-order valence-electron chi connectivity index (χ4n) is 1.36. The molecule has 0 bridgehead atoms. The van der Waals surface area contributed by atoms with E-state index in [1.165, 1.54) is 0 Å². The lowest BCUT2D eigenvalue weighted by molar-refractivity contribution is 0.1000. The average Bonchev–Trinajstić information content (AvgIpc) is 2.29. The highest BCUT2D eigenvalue weighted by Gasteiger charge is 2.00. The van der Waals surface area contributed by atoms with Crippen molar-refractivity contribution in [2.45, 2.75) is 13.5 Å². The molecule has 0 saturated carbocycles. The van der Waals surface area contributed by atoms with E-state index in [4.69, 9.17) is 10.5 Å². The second kappa shape index (κ2) is 6.98. The lowest BCUT2D eigenvalue weighted by Crippen LogP contribution is -2.19. The quantitative estimate of drug-likeness (QED) is 0.674. The van der Waals surface area contributed by atoms with Gasteiger partial charge in [0, 0.05) is 25.3 Å². The molecule has 0 aromatic heterocycles. The van der Waals surface area contributed by atoms with Crippen LogP contribution in [0.2, 0.25) is 0 Å². The molecule has 0 unspecified atom stereocenters. The number of amides is 1. The van der Waals surface area contributed by atoms with Gasteiger partial charge in [0.05, 0.1) is 6.61 Å². The Hall–Kier alpha value is -1.39. The van der Waals surface area contributed by atoms with Crippen molar-refractivity contribution in [1.82, 2.24) is 5.32 Å².